The van der Waals surface area contributed by atoms with E-state index in [1.165, 1.54) is 37.7 Å². The van der Waals surface area contributed by atoms with Crippen LogP contribution in [0.2, 0.25) is 0 Å². The van der Waals surface area contributed by atoms with Gasteiger partial charge in [-0.05, 0) is 37.0 Å². The van der Waals surface area contributed by atoms with Crippen LogP contribution in [-0.4, -0.2) is 25.2 Å². The van der Waals surface area contributed by atoms with E-state index in [0.717, 1.165) is 12.2 Å². The Balaban J connectivity index is 1.72. The molecule has 4 nitrogen and oxygen atoms in total. The molecule has 1 aromatic carbocycles. The summed E-state index contributed by atoms with van der Waals surface area (Å²) in [6, 6.07) is 8.43. The number of rotatable bonds is 6. The molecule has 0 radical (unpaired) electrons. The van der Waals surface area contributed by atoms with E-state index < -0.39 is 0 Å². The van der Waals surface area contributed by atoms with Gasteiger partial charge in [-0.15, -0.1) is 6.42 Å². The number of hydrogen-bond donors (Lipinski definition) is 2. The molecule has 0 bridgehead atoms. The van der Waals surface area contributed by atoms with E-state index >= 15 is 0 Å². The molecule has 0 spiro atoms. The van der Waals surface area contributed by atoms with E-state index in [4.69, 9.17) is 16.9 Å². The molecule has 118 valence electrons. The summed E-state index contributed by atoms with van der Waals surface area (Å²) in [5.74, 6) is 3.82. The van der Waals surface area contributed by atoms with Crippen molar-refractivity contribution in [3.63, 3.8) is 0 Å². The summed E-state index contributed by atoms with van der Waals surface area (Å²) in [6.07, 6.45) is 12.4. The van der Waals surface area contributed by atoms with Crippen molar-refractivity contribution >= 4 is 5.96 Å². The van der Waals surface area contributed by atoms with Gasteiger partial charge in [0.05, 0.1) is 0 Å². The lowest BCUT2D eigenvalue weighted by atomic mass is 9.96. The van der Waals surface area contributed by atoms with Gasteiger partial charge in [-0.2, -0.15) is 0 Å². The summed E-state index contributed by atoms with van der Waals surface area (Å²) >= 11 is 0. The zero-order valence-electron chi connectivity index (χ0n) is 13.1. The number of guanidine groups is 1. The molecule has 0 atom stereocenters. The van der Waals surface area contributed by atoms with Gasteiger partial charge < -0.3 is 15.8 Å². The van der Waals surface area contributed by atoms with E-state index in [-0.39, 0.29) is 0 Å². The Hall–Kier alpha value is -2.15. The van der Waals surface area contributed by atoms with Crippen LogP contribution in [-0.2, 0) is 6.42 Å². The van der Waals surface area contributed by atoms with Gasteiger partial charge in [0.15, 0.2) is 5.96 Å². The minimum atomic E-state index is 0.299. The minimum absolute atomic E-state index is 0.299. The number of nitrogens with zero attached hydrogens (tertiary/aromatic N) is 1. The van der Waals surface area contributed by atoms with Crippen LogP contribution in [0.15, 0.2) is 29.3 Å². The van der Waals surface area contributed by atoms with Crippen LogP contribution >= 0.6 is 0 Å². The van der Waals surface area contributed by atoms with Gasteiger partial charge in [-0.3, -0.25) is 4.99 Å². The molecule has 0 saturated heterocycles. The molecular formula is C18H25N3O. The van der Waals surface area contributed by atoms with E-state index in [0.29, 0.717) is 25.2 Å². The van der Waals surface area contributed by atoms with E-state index in [9.17, 15) is 0 Å². The van der Waals surface area contributed by atoms with Gasteiger partial charge in [0.1, 0.15) is 12.4 Å². The Bertz CT molecular complexity index is 510. The van der Waals surface area contributed by atoms with Crippen molar-refractivity contribution in [3.8, 4) is 18.1 Å². The number of aliphatic imine (C=N–C) groups is 1. The van der Waals surface area contributed by atoms with E-state index in [1.807, 2.05) is 24.3 Å². The fourth-order valence-electron chi connectivity index (χ4n) is 2.68. The molecule has 1 saturated carbocycles. The second kappa shape index (κ2) is 8.99. The van der Waals surface area contributed by atoms with Crippen LogP contribution in [0.4, 0.5) is 0 Å². The van der Waals surface area contributed by atoms with Gasteiger partial charge in [-0.25, -0.2) is 0 Å². The first-order valence-corrected chi connectivity index (χ1v) is 7.99. The average Bonchev–Trinajstić information content (AvgIpc) is 2.55. The third-order valence-corrected chi connectivity index (χ3v) is 3.89. The van der Waals surface area contributed by atoms with Crippen LogP contribution < -0.4 is 15.8 Å². The highest BCUT2D eigenvalue weighted by atomic mass is 16.5. The number of hydrogen-bond acceptors (Lipinski definition) is 2. The number of benzene rings is 1. The number of nitrogens with two attached hydrogens (primary N) is 1. The van der Waals surface area contributed by atoms with Crippen molar-refractivity contribution in [2.24, 2.45) is 10.7 Å². The molecule has 0 unspecified atom stereocenters. The molecule has 2 rings (SSSR count). The molecule has 4 heteroatoms. The Morgan fingerprint density at radius 2 is 2.00 bits per heavy atom. The SMILES string of the molecule is C#CCOc1ccc(CCN=C(N)NC2CCCCC2)cc1. The molecule has 0 heterocycles. The Morgan fingerprint density at radius 1 is 1.27 bits per heavy atom. The molecule has 1 aromatic rings. The van der Waals surface area contributed by atoms with Gasteiger partial charge in [-0.1, -0.05) is 37.3 Å². The summed E-state index contributed by atoms with van der Waals surface area (Å²) in [5.41, 5.74) is 7.16. The highest BCUT2D eigenvalue weighted by molar-refractivity contribution is 5.78. The maximum Gasteiger partial charge on any atom is 0.188 e. The first-order chi connectivity index (χ1) is 10.8. The summed E-state index contributed by atoms with van der Waals surface area (Å²) in [4.78, 5) is 4.41. The second-order valence-electron chi connectivity index (χ2n) is 5.63. The lowest BCUT2D eigenvalue weighted by Gasteiger charge is -2.23. The third kappa shape index (κ3) is 5.69. The fourth-order valence-corrected chi connectivity index (χ4v) is 2.68. The number of terminal acetylenes is 1. The van der Waals surface area contributed by atoms with Crippen LogP contribution in [0.1, 0.15) is 37.7 Å². The first-order valence-electron chi connectivity index (χ1n) is 7.99. The summed E-state index contributed by atoms with van der Waals surface area (Å²) in [6.45, 7) is 0.989. The Kier molecular flexibility index (Phi) is 6.63. The van der Waals surface area contributed by atoms with E-state index in [2.05, 4.69) is 16.2 Å². The second-order valence-corrected chi connectivity index (χ2v) is 5.63. The van der Waals surface area contributed by atoms with Crippen molar-refractivity contribution in [1.29, 1.82) is 0 Å². The Labute approximate surface area is 133 Å². The molecule has 0 amide bonds. The lowest BCUT2D eigenvalue weighted by Crippen LogP contribution is -2.41. The smallest absolute Gasteiger partial charge is 0.188 e. The number of nitrogens with one attached hydrogen (secondary N) is 1. The molecule has 22 heavy (non-hydrogen) atoms. The van der Waals surface area contributed by atoms with Gasteiger partial charge >= 0.3 is 0 Å². The quantitative estimate of drug-likeness (QED) is 0.482. The van der Waals surface area contributed by atoms with Gasteiger partial charge in [0, 0.05) is 12.6 Å². The minimum Gasteiger partial charge on any atom is -0.481 e. The maximum absolute atomic E-state index is 5.95. The fraction of sp³-hybridized carbons (Fsp3) is 0.500. The van der Waals surface area contributed by atoms with Gasteiger partial charge in [0.25, 0.3) is 0 Å². The lowest BCUT2D eigenvalue weighted by molar-refractivity contribution is 0.370. The first kappa shape index (κ1) is 16.2. The highest BCUT2D eigenvalue weighted by Gasteiger charge is 2.13. The summed E-state index contributed by atoms with van der Waals surface area (Å²) in [7, 11) is 0. The monoisotopic (exact) mass is 299 g/mol. The summed E-state index contributed by atoms with van der Waals surface area (Å²) < 4.78 is 5.34. The zero-order chi connectivity index (χ0) is 15.6. The van der Waals surface area contributed by atoms with Crippen molar-refractivity contribution in [2.75, 3.05) is 13.2 Å². The van der Waals surface area contributed by atoms with Crippen LogP contribution in [0.3, 0.4) is 0 Å². The zero-order valence-corrected chi connectivity index (χ0v) is 13.1. The number of ether oxygens (including phenoxy) is 1. The Morgan fingerprint density at radius 3 is 2.68 bits per heavy atom. The summed E-state index contributed by atoms with van der Waals surface area (Å²) in [5, 5.41) is 3.33. The van der Waals surface area contributed by atoms with Crippen molar-refractivity contribution in [3.05, 3.63) is 29.8 Å². The van der Waals surface area contributed by atoms with Crippen LogP contribution in [0.5, 0.6) is 5.75 Å². The van der Waals surface area contributed by atoms with Crippen molar-refractivity contribution < 1.29 is 4.74 Å². The standard InChI is InChI=1S/C18H25N3O/c1-2-14-22-17-10-8-15(9-11-17)12-13-20-18(19)21-16-6-4-3-5-7-16/h1,8-11,16H,3-7,12-14H2,(H3,19,20,21). The molecule has 0 aliphatic heterocycles. The molecule has 1 fully saturated rings. The molecule has 1 aliphatic carbocycles. The largest absolute Gasteiger partial charge is 0.481 e. The average molecular weight is 299 g/mol. The molecule has 0 aromatic heterocycles. The predicted octanol–water partition coefficient (Wildman–Crippen LogP) is 2.48. The van der Waals surface area contributed by atoms with Crippen molar-refractivity contribution in [1.82, 2.24) is 5.32 Å². The maximum atomic E-state index is 5.95. The topological polar surface area (TPSA) is 59.6 Å². The van der Waals surface area contributed by atoms with Gasteiger partial charge in [0.2, 0.25) is 0 Å². The predicted molar refractivity (Wildman–Crippen MR) is 91.0 cm³/mol. The van der Waals surface area contributed by atoms with Crippen LogP contribution in [0.25, 0.3) is 0 Å². The molecule has 3 N–H and O–H groups in total. The third-order valence-electron chi connectivity index (χ3n) is 3.89. The van der Waals surface area contributed by atoms with Crippen LogP contribution in [0, 0.1) is 12.3 Å². The molecule has 1 aliphatic rings. The van der Waals surface area contributed by atoms with Crippen molar-refractivity contribution in [2.45, 2.75) is 44.6 Å². The molecular weight excluding hydrogens is 274 g/mol. The van der Waals surface area contributed by atoms with E-state index in [1.54, 1.807) is 0 Å². The highest BCUT2D eigenvalue weighted by Crippen LogP contribution is 2.17. The normalized spacial score (nSPS) is 16.0.